The molecule has 0 fully saturated rings. The summed E-state index contributed by atoms with van der Waals surface area (Å²) in [5.74, 6) is -1.92. The van der Waals surface area contributed by atoms with E-state index < -0.39 is 30.1 Å². The van der Waals surface area contributed by atoms with Crippen molar-refractivity contribution >= 4 is 18.0 Å². The fourth-order valence-corrected chi connectivity index (χ4v) is 4.28. The fraction of sp³-hybridized carbons (Fsp3) is 0.423. The third-order valence-electron chi connectivity index (χ3n) is 6.31. The maximum atomic E-state index is 12.7. The molecule has 1 aliphatic carbocycles. The van der Waals surface area contributed by atoms with E-state index in [0.717, 1.165) is 22.3 Å². The predicted molar refractivity (Wildman–Crippen MR) is 126 cm³/mol. The van der Waals surface area contributed by atoms with Crippen LogP contribution in [0.3, 0.4) is 0 Å². The number of carbonyl (C=O) groups is 3. The summed E-state index contributed by atoms with van der Waals surface area (Å²) in [7, 11) is 0. The van der Waals surface area contributed by atoms with Crippen molar-refractivity contribution in [2.24, 2.45) is 5.92 Å². The minimum Gasteiger partial charge on any atom is -0.480 e. The Hall–Kier alpha value is -3.35. The number of nitrogens with one attached hydrogen (secondary N) is 2. The Morgan fingerprint density at radius 1 is 0.970 bits per heavy atom. The number of amides is 2. The number of hydrogen-bond donors (Lipinski definition) is 3. The van der Waals surface area contributed by atoms with Crippen molar-refractivity contribution in [3.63, 3.8) is 0 Å². The molecule has 2 aromatic rings. The van der Waals surface area contributed by atoms with Crippen molar-refractivity contribution in [3.05, 3.63) is 59.7 Å². The van der Waals surface area contributed by atoms with Gasteiger partial charge in [0.25, 0.3) is 0 Å². The molecule has 0 saturated heterocycles. The van der Waals surface area contributed by atoms with Gasteiger partial charge in [-0.25, -0.2) is 9.59 Å². The molecule has 0 bridgehead atoms. The second-order valence-electron chi connectivity index (χ2n) is 8.52. The van der Waals surface area contributed by atoms with Crippen molar-refractivity contribution in [3.8, 4) is 11.1 Å². The molecule has 0 aliphatic heterocycles. The van der Waals surface area contributed by atoms with Crippen LogP contribution in [-0.4, -0.2) is 41.8 Å². The average Bonchev–Trinajstić information content (AvgIpc) is 3.13. The predicted octanol–water partition coefficient (Wildman–Crippen LogP) is 4.31. The highest BCUT2D eigenvalue weighted by atomic mass is 16.5. The van der Waals surface area contributed by atoms with Crippen molar-refractivity contribution in [2.75, 3.05) is 6.61 Å². The van der Waals surface area contributed by atoms with Gasteiger partial charge < -0.3 is 20.5 Å². The molecule has 2 aromatic carbocycles. The summed E-state index contributed by atoms with van der Waals surface area (Å²) in [6.07, 6.45) is 0.933. The molecule has 3 N–H and O–H groups in total. The maximum Gasteiger partial charge on any atom is 0.407 e. The van der Waals surface area contributed by atoms with Crippen LogP contribution in [0.1, 0.15) is 57.1 Å². The summed E-state index contributed by atoms with van der Waals surface area (Å²) in [6, 6.07) is 14.2. The van der Waals surface area contributed by atoms with Crippen LogP contribution in [0, 0.1) is 5.92 Å². The molecule has 0 radical (unpaired) electrons. The van der Waals surface area contributed by atoms with E-state index in [-0.39, 0.29) is 18.4 Å². The number of carbonyl (C=O) groups excluding carboxylic acids is 2. The lowest BCUT2D eigenvalue weighted by molar-refractivity contribution is -0.143. The maximum absolute atomic E-state index is 12.7. The van der Waals surface area contributed by atoms with Crippen LogP contribution < -0.4 is 10.6 Å². The van der Waals surface area contributed by atoms with Crippen LogP contribution in [-0.2, 0) is 14.3 Å². The van der Waals surface area contributed by atoms with E-state index in [2.05, 4.69) is 22.8 Å². The molecule has 1 unspecified atom stereocenters. The minimum atomic E-state index is -1.09. The Morgan fingerprint density at radius 2 is 1.55 bits per heavy atom. The lowest BCUT2D eigenvalue weighted by atomic mass is 9.98. The highest BCUT2D eigenvalue weighted by Gasteiger charge is 2.31. The van der Waals surface area contributed by atoms with Gasteiger partial charge in [0.1, 0.15) is 18.7 Å². The molecule has 0 saturated carbocycles. The third-order valence-corrected chi connectivity index (χ3v) is 6.31. The quantitative estimate of drug-likeness (QED) is 0.498. The lowest BCUT2D eigenvalue weighted by Gasteiger charge is -2.24. The first-order valence-electron chi connectivity index (χ1n) is 11.5. The molecule has 1 aliphatic rings. The highest BCUT2D eigenvalue weighted by Crippen LogP contribution is 2.44. The summed E-state index contributed by atoms with van der Waals surface area (Å²) in [4.78, 5) is 36.9. The molecule has 3 rings (SSSR count). The number of alkyl carbamates (subject to hydrolysis) is 1. The van der Waals surface area contributed by atoms with Crippen LogP contribution in [0.5, 0.6) is 0 Å². The molecule has 0 aromatic heterocycles. The van der Waals surface area contributed by atoms with Gasteiger partial charge in [-0.05, 0) is 34.6 Å². The summed E-state index contributed by atoms with van der Waals surface area (Å²) in [5.41, 5.74) is 4.48. The fourth-order valence-electron chi connectivity index (χ4n) is 4.28. The SMILES string of the molecule is CCC[C@H](NC(=O)OCC1c2ccccc2-c2ccccc21)C(=O)N[C@H](C(=O)O)C(C)CC. The normalized spacial score (nSPS) is 15.0. The molecule has 33 heavy (non-hydrogen) atoms. The van der Waals surface area contributed by atoms with Crippen molar-refractivity contribution in [2.45, 2.75) is 58.0 Å². The summed E-state index contributed by atoms with van der Waals surface area (Å²) in [5, 5.41) is 14.7. The molecular formula is C26H32N2O5. The van der Waals surface area contributed by atoms with Gasteiger partial charge in [-0.1, -0.05) is 82.1 Å². The number of carboxylic acids is 1. The Morgan fingerprint density at radius 3 is 2.06 bits per heavy atom. The summed E-state index contributed by atoms with van der Waals surface area (Å²) < 4.78 is 5.54. The van der Waals surface area contributed by atoms with Crippen LogP contribution in [0.2, 0.25) is 0 Å². The number of ether oxygens (including phenoxy) is 1. The zero-order valence-electron chi connectivity index (χ0n) is 19.3. The lowest BCUT2D eigenvalue weighted by Crippen LogP contribution is -2.53. The van der Waals surface area contributed by atoms with E-state index >= 15 is 0 Å². The first-order chi connectivity index (χ1) is 15.9. The smallest absolute Gasteiger partial charge is 0.407 e. The van der Waals surface area contributed by atoms with Crippen molar-refractivity contribution in [1.29, 1.82) is 0 Å². The number of rotatable bonds is 10. The Balaban J connectivity index is 1.65. The monoisotopic (exact) mass is 452 g/mol. The molecule has 0 heterocycles. The molecule has 3 atom stereocenters. The highest BCUT2D eigenvalue weighted by molar-refractivity contribution is 5.89. The zero-order chi connectivity index (χ0) is 24.0. The van der Waals surface area contributed by atoms with Crippen LogP contribution in [0.15, 0.2) is 48.5 Å². The number of carboxylic acid groups (broad SMARTS) is 1. The topological polar surface area (TPSA) is 105 Å². The van der Waals surface area contributed by atoms with E-state index in [1.807, 2.05) is 50.2 Å². The molecule has 0 spiro atoms. The van der Waals surface area contributed by atoms with E-state index in [1.54, 1.807) is 6.92 Å². The Labute approximate surface area is 194 Å². The van der Waals surface area contributed by atoms with Gasteiger partial charge in [-0.15, -0.1) is 0 Å². The van der Waals surface area contributed by atoms with Gasteiger partial charge in [0, 0.05) is 5.92 Å². The molecular weight excluding hydrogens is 420 g/mol. The second kappa shape index (κ2) is 11.0. The Kier molecular flexibility index (Phi) is 8.09. The second-order valence-corrected chi connectivity index (χ2v) is 8.52. The first-order valence-corrected chi connectivity index (χ1v) is 11.5. The van der Waals surface area contributed by atoms with Gasteiger partial charge in [0.05, 0.1) is 0 Å². The number of benzene rings is 2. The minimum absolute atomic E-state index is 0.0802. The number of aliphatic carboxylic acids is 1. The van der Waals surface area contributed by atoms with Crippen LogP contribution in [0.4, 0.5) is 4.79 Å². The number of fused-ring (bicyclic) bond motifs is 3. The van der Waals surface area contributed by atoms with E-state index in [9.17, 15) is 19.5 Å². The van der Waals surface area contributed by atoms with Gasteiger partial charge in [0.15, 0.2) is 0 Å². The van der Waals surface area contributed by atoms with Gasteiger partial charge in [0.2, 0.25) is 5.91 Å². The first kappa shape index (κ1) is 24.3. The van der Waals surface area contributed by atoms with E-state index in [1.165, 1.54) is 0 Å². The summed E-state index contributed by atoms with van der Waals surface area (Å²) in [6.45, 7) is 5.67. The standard InChI is InChI=1S/C26H32N2O5/c1-4-10-22(24(29)28-23(25(30)31)16(3)5-2)27-26(32)33-15-21-19-13-8-6-11-17(19)18-12-7-9-14-20(18)21/h6-9,11-14,16,21-23H,4-5,10,15H2,1-3H3,(H,27,32)(H,28,29)(H,30,31)/t16?,22-,23-/m0/s1. The van der Waals surface area contributed by atoms with Crippen molar-refractivity contribution < 1.29 is 24.2 Å². The molecule has 2 amide bonds. The number of hydrogen-bond acceptors (Lipinski definition) is 4. The van der Waals surface area contributed by atoms with E-state index in [0.29, 0.717) is 19.3 Å². The van der Waals surface area contributed by atoms with Gasteiger partial charge in [-0.3, -0.25) is 4.79 Å². The summed E-state index contributed by atoms with van der Waals surface area (Å²) >= 11 is 0. The Bertz CT molecular complexity index is 960. The van der Waals surface area contributed by atoms with Crippen LogP contribution in [0.25, 0.3) is 11.1 Å². The van der Waals surface area contributed by atoms with Crippen molar-refractivity contribution in [1.82, 2.24) is 10.6 Å². The van der Waals surface area contributed by atoms with Crippen LogP contribution >= 0.6 is 0 Å². The third kappa shape index (κ3) is 5.53. The molecule has 7 heteroatoms. The molecule has 176 valence electrons. The molecule has 7 nitrogen and oxygen atoms in total. The average molecular weight is 453 g/mol. The van der Waals surface area contributed by atoms with E-state index in [4.69, 9.17) is 4.74 Å². The largest absolute Gasteiger partial charge is 0.480 e. The van der Waals surface area contributed by atoms with Gasteiger partial charge in [-0.2, -0.15) is 0 Å². The zero-order valence-corrected chi connectivity index (χ0v) is 19.3. The van der Waals surface area contributed by atoms with Gasteiger partial charge >= 0.3 is 12.1 Å².